The van der Waals surface area contributed by atoms with Gasteiger partial charge in [-0.1, -0.05) is 18.2 Å². The van der Waals surface area contributed by atoms with E-state index in [9.17, 15) is 9.18 Å². The van der Waals surface area contributed by atoms with Gasteiger partial charge in [-0.15, -0.1) is 0 Å². The Hall–Kier alpha value is -1.88. The zero-order valence-corrected chi connectivity index (χ0v) is 11.4. The number of amides is 1. The van der Waals surface area contributed by atoms with E-state index >= 15 is 0 Å². The van der Waals surface area contributed by atoms with E-state index in [2.05, 4.69) is 21.2 Å². The molecule has 0 aliphatic rings. The number of benzene rings is 2. The van der Waals surface area contributed by atoms with Crippen LogP contribution in [0.4, 0.5) is 4.39 Å². The van der Waals surface area contributed by atoms with Gasteiger partial charge in [0.2, 0.25) is 0 Å². The van der Waals surface area contributed by atoms with E-state index in [4.69, 9.17) is 5.11 Å². The molecule has 19 heavy (non-hydrogen) atoms. The van der Waals surface area contributed by atoms with E-state index < -0.39 is 11.7 Å². The third kappa shape index (κ3) is 3.32. The van der Waals surface area contributed by atoms with E-state index in [-0.39, 0.29) is 17.9 Å². The largest absolute Gasteiger partial charge is 0.508 e. The third-order valence-electron chi connectivity index (χ3n) is 2.58. The molecule has 0 aliphatic heterocycles. The molecule has 0 saturated heterocycles. The lowest BCUT2D eigenvalue weighted by Crippen LogP contribution is -2.24. The molecule has 98 valence electrons. The first kappa shape index (κ1) is 13.5. The zero-order chi connectivity index (χ0) is 13.8. The van der Waals surface area contributed by atoms with Gasteiger partial charge >= 0.3 is 0 Å². The van der Waals surface area contributed by atoms with Crippen molar-refractivity contribution >= 4 is 21.8 Å². The minimum absolute atomic E-state index is 0.0127. The van der Waals surface area contributed by atoms with Gasteiger partial charge in [0.25, 0.3) is 5.91 Å². The van der Waals surface area contributed by atoms with Crippen molar-refractivity contribution < 1.29 is 14.3 Å². The fourth-order valence-electron chi connectivity index (χ4n) is 1.60. The molecule has 0 radical (unpaired) electrons. The van der Waals surface area contributed by atoms with Crippen molar-refractivity contribution in [3.63, 3.8) is 0 Å². The van der Waals surface area contributed by atoms with E-state index in [0.717, 1.165) is 5.56 Å². The minimum Gasteiger partial charge on any atom is -0.508 e. The maximum absolute atomic E-state index is 13.6. The van der Waals surface area contributed by atoms with Crippen LogP contribution >= 0.6 is 15.9 Å². The predicted molar refractivity (Wildman–Crippen MR) is 73.4 cm³/mol. The fraction of sp³-hybridized carbons (Fsp3) is 0.0714. The molecule has 1 amide bonds. The predicted octanol–water partition coefficient (Wildman–Crippen LogP) is 3.22. The van der Waals surface area contributed by atoms with E-state index in [0.29, 0.717) is 4.47 Å². The average molecular weight is 324 g/mol. The van der Waals surface area contributed by atoms with Crippen LogP contribution in [0, 0.1) is 5.82 Å². The van der Waals surface area contributed by atoms with Crippen molar-refractivity contribution in [2.45, 2.75) is 6.54 Å². The average Bonchev–Trinajstić information content (AvgIpc) is 2.38. The van der Waals surface area contributed by atoms with Gasteiger partial charge in [0.1, 0.15) is 11.6 Å². The van der Waals surface area contributed by atoms with Gasteiger partial charge in [0.05, 0.1) is 5.56 Å². The Morgan fingerprint density at radius 1 is 1.21 bits per heavy atom. The van der Waals surface area contributed by atoms with Gasteiger partial charge in [-0.25, -0.2) is 4.39 Å². The van der Waals surface area contributed by atoms with Crippen LogP contribution in [-0.4, -0.2) is 11.0 Å². The fourth-order valence-corrected chi connectivity index (χ4v) is 2.12. The monoisotopic (exact) mass is 323 g/mol. The second kappa shape index (κ2) is 5.84. The number of carbonyl (C=O) groups is 1. The molecule has 0 fully saturated rings. The van der Waals surface area contributed by atoms with Gasteiger partial charge < -0.3 is 10.4 Å². The summed E-state index contributed by atoms with van der Waals surface area (Å²) in [5, 5.41) is 11.8. The van der Waals surface area contributed by atoms with Crippen LogP contribution in [0.1, 0.15) is 15.9 Å². The number of hydrogen-bond donors (Lipinski definition) is 2. The number of aromatic hydroxyl groups is 1. The van der Waals surface area contributed by atoms with Crippen LogP contribution in [0.25, 0.3) is 0 Å². The first-order valence-corrected chi connectivity index (χ1v) is 6.37. The smallest absolute Gasteiger partial charge is 0.255 e. The molecule has 2 aromatic rings. The molecular formula is C14H11BrFNO2. The van der Waals surface area contributed by atoms with E-state index in [1.165, 1.54) is 24.3 Å². The van der Waals surface area contributed by atoms with Gasteiger partial charge in [-0.05, 0) is 45.8 Å². The molecule has 2 N–H and O–H groups in total. The molecule has 0 unspecified atom stereocenters. The van der Waals surface area contributed by atoms with Crippen LogP contribution in [-0.2, 0) is 6.54 Å². The summed E-state index contributed by atoms with van der Waals surface area (Å²) >= 11 is 3.15. The van der Waals surface area contributed by atoms with Crippen LogP contribution < -0.4 is 5.32 Å². The summed E-state index contributed by atoms with van der Waals surface area (Å²) in [5.74, 6) is -0.900. The molecule has 0 aliphatic carbocycles. The number of hydrogen-bond acceptors (Lipinski definition) is 2. The second-order valence-corrected chi connectivity index (χ2v) is 4.80. The third-order valence-corrected chi connectivity index (χ3v) is 3.24. The topological polar surface area (TPSA) is 49.3 Å². The summed E-state index contributed by atoms with van der Waals surface area (Å²) in [6.07, 6.45) is 0. The van der Waals surface area contributed by atoms with Crippen LogP contribution in [0.3, 0.4) is 0 Å². The highest BCUT2D eigenvalue weighted by Gasteiger charge is 2.14. The second-order valence-electron chi connectivity index (χ2n) is 3.95. The summed E-state index contributed by atoms with van der Waals surface area (Å²) in [5.41, 5.74) is 0.805. The molecule has 3 nitrogen and oxygen atoms in total. The van der Waals surface area contributed by atoms with Gasteiger partial charge in [0, 0.05) is 11.0 Å². The minimum atomic E-state index is -0.572. The van der Waals surface area contributed by atoms with Crippen LogP contribution in [0.2, 0.25) is 0 Å². The number of carbonyl (C=O) groups excluding carboxylic acids is 1. The lowest BCUT2D eigenvalue weighted by atomic mass is 10.2. The Balaban J connectivity index is 2.07. The normalized spacial score (nSPS) is 10.2. The van der Waals surface area contributed by atoms with E-state index in [1.807, 2.05) is 0 Å². The number of halogens is 2. The molecular weight excluding hydrogens is 313 g/mol. The molecule has 0 heterocycles. The molecule has 5 heteroatoms. The Bertz CT molecular complexity index is 579. The zero-order valence-electron chi connectivity index (χ0n) is 9.86. The molecule has 2 aromatic carbocycles. The quantitative estimate of drug-likeness (QED) is 0.911. The highest BCUT2D eigenvalue weighted by molar-refractivity contribution is 9.10. The summed E-state index contributed by atoms with van der Waals surface area (Å²) < 4.78 is 14.0. The van der Waals surface area contributed by atoms with Crippen molar-refractivity contribution in [3.05, 3.63) is 63.9 Å². The van der Waals surface area contributed by atoms with Crippen molar-refractivity contribution in [2.24, 2.45) is 0 Å². The van der Waals surface area contributed by atoms with Gasteiger partial charge in [-0.3, -0.25) is 4.79 Å². The number of phenols is 1. The number of phenolic OH excluding ortho intramolecular Hbond substituents is 1. The molecule has 2 rings (SSSR count). The Morgan fingerprint density at radius 3 is 2.53 bits per heavy atom. The lowest BCUT2D eigenvalue weighted by molar-refractivity contribution is 0.0946. The summed E-state index contributed by atoms with van der Waals surface area (Å²) in [6.45, 7) is 0.264. The van der Waals surface area contributed by atoms with Gasteiger partial charge in [-0.2, -0.15) is 0 Å². The van der Waals surface area contributed by atoms with Crippen molar-refractivity contribution in [3.8, 4) is 5.75 Å². The molecule has 0 spiro atoms. The first-order chi connectivity index (χ1) is 9.08. The summed E-state index contributed by atoms with van der Waals surface area (Å²) in [4.78, 5) is 11.9. The lowest BCUT2D eigenvalue weighted by Gasteiger charge is -2.08. The van der Waals surface area contributed by atoms with Crippen LogP contribution in [0.5, 0.6) is 5.75 Å². The molecule has 0 saturated carbocycles. The van der Waals surface area contributed by atoms with Crippen molar-refractivity contribution in [2.75, 3.05) is 0 Å². The Morgan fingerprint density at radius 2 is 1.89 bits per heavy atom. The standard InChI is InChI=1S/C14H11BrFNO2/c15-11-2-1-3-12(16)13(11)14(19)17-8-9-4-6-10(18)7-5-9/h1-7,18H,8H2,(H,17,19). The molecule has 0 aromatic heterocycles. The Kier molecular flexibility index (Phi) is 4.16. The Labute approximate surface area is 118 Å². The van der Waals surface area contributed by atoms with Gasteiger partial charge in [0.15, 0.2) is 0 Å². The summed E-state index contributed by atoms with van der Waals surface area (Å²) in [6, 6.07) is 10.8. The highest BCUT2D eigenvalue weighted by atomic mass is 79.9. The maximum Gasteiger partial charge on any atom is 0.255 e. The number of rotatable bonds is 3. The van der Waals surface area contributed by atoms with Crippen LogP contribution in [0.15, 0.2) is 46.9 Å². The SMILES string of the molecule is O=C(NCc1ccc(O)cc1)c1c(F)cccc1Br. The molecule has 0 atom stereocenters. The highest BCUT2D eigenvalue weighted by Crippen LogP contribution is 2.19. The van der Waals surface area contributed by atoms with E-state index in [1.54, 1.807) is 18.2 Å². The summed E-state index contributed by atoms with van der Waals surface area (Å²) in [7, 11) is 0. The molecule has 0 bridgehead atoms. The number of nitrogens with one attached hydrogen (secondary N) is 1. The van der Waals surface area contributed by atoms with Crippen molar-refractivity contribution in [1.82, 2.24) is 5.32 Å². The maximum atomic E-state index is 13.6. The van der Waals surface area contributed by atoms with Crippen molar-refractivity contribution in [1.29, 1.82) is 0 Å². The first-order valence-electron chi connectivity index (χ1n) is 5.58.